The number of hydrogen-bond acceptors (Lipinski definition) is 4. The predicted molar refractivity (Wildman–Crippen MR) is 119 cm³/mol. The van der Waals surface area contributed by atoms with Crippen molar-refractivity contribution in [3.63, 3.8) is 0 Å². The van der Waals surface area contributed by atoms with Crippen molar-refractivity contribution in [1.82, 2.24) is 5.32 Å². The number of aliphatic imine (C=N–C) groups is 1. The summed E-state index contributed by atoms with van der Waals surface area (Å²) < 4.78 is 5.60. The van der Waals surface area contributed by atoms with Crippen LogP contribution in [0.1, 0.15) is 43.9 Å². The zero-order valence-electron chi connectivity index (χ0n) is 16.5. The lowest BCUT2D eigenvalue weighted by Gasteiger charge is -2.21. The highest BCUT2D eigenvalue weighted by Crippen LogP contribution is 2.33. The highest BCUT2D eigenvalue weighted by Gasteiger charge is 2.17. The number of nitrogens with one attached hydrogen (secondary N) is 1. The lowest BCUT2D eigenvalue weighted by Crippen LogP contribution is -2.30. The fourth-order valence-electron chi connectivity index (χ4n) is 3.01. The fraction of sp³-hybridized carbons (Fsp3) is 0.409. The number of hydrogen-bond donors (Lipinski definition) is 1. The molecule has 2 aromatic carbocycles. The summed E-state index contributed by atoms with van der Waals surface area (Å²) in [6.45, 7) is 8.64. The summed E-state index contributed by atoms with van der Waals surface area (Å²) >= 11 is 1.84. The molecule has 0 spiro atoms. The second-order valence-electron chi connectivity index (χ2n) is 7.57. The van der Waals surface area contributed by atoms with Gasteiger partial charge in [0.2, 0.25) is 0 Å². The van der Waals surface area contributed by atoms with E-state index >= 15 is 0 Å². The van der Waals surface area contributed by atoms with E-state index < -0.39 is 0 Å². The average Bonchev–Trinajstić information content (AvgIpc) is 2.66. The molecule has 0 aliphatic carbocycles. The summed E-state index contributed by atoms with van der Waals surface area (Å²) in [5, 5.41) is 3.44. The van der Waals surface area contributed by atoms with Gasteiger partial charge in [-0.05, 0) is 29.5 Å². The van der Waals surface area contributed by atoms with E-state index in [0.29, 0.717) is 0 Å². The Kier molecular flexibility index (Phi) is 7.63. The van der Waals surface area contributed by atoms with Crippen molar-refractivity contribution >= 4 is 30.0 Å². The number of amidine groups is 1. The number of rotatable bonds is 5. The number of halogens is 1. The van der Waals surface area contributed by atoms with Gasteiger partial charge in [-0.3, -0.25) is 4.99 Å². The molecule has 1 heterocycles. The van der Waals surface area contributed by atoms with Crippen molar-refractivity contribution in [2.24, 2.45) is 4.99 Å². The molecule has 5 heteroatoms. The quantitative estimate of drug-likeness (QED) is 0.673. The van der Waals surface area contributed by atoms with Gasteiger partial charge in [0.15, 0.2) is 0 Å². The monoisotopic (exact) mass is 404 g/mol. The number of ether oxygens (including phenoxy) is 1. The van der Waals surface area contributed by atoms with E-state index in [1.54, 1.807) is 7.11 Å². The van der Waals surface area contributed by atoms with E-state index in [-0.39, 0.29) is 17.8 Å². The summed E-state index contributed by atoms with van der Waals surface area (Å²) in [6, 6.07) is 15.1. The lowest BCUT2D eigenvalue weighted by atomic mass is 9.86. The standard InChI is InChI=1S/C22H28N2OS.ClH/c1-22(2,3)17-10-11-19(25-4)16(14-17)15-26-20-9-6-5-8-18(20)21-23-12-7-13-24-21;/h5-6,8-11,14H,7,12-13,15H2,1-4H3,(H,23,24);1H. The molecule has 0 amide bonds. The number of nitrogens with zero attached hydrogens (tertiary/aromatic N) is 1. The van der Waals surface area contributed by atoms with Crippen LogP contribution in [0.15, 0.2) is 52.4 Å². The molecule has 1 aliphatic heterocycles. The Labute approximate surface area is 173 Å². The molecular weight excluding hydrogens is 376 g/mol. The largest absolute Gasteiger partial charge is 0.496 e. The van der Waals surface area contributed by atoms with Crippen LogP contribution >= 0.6 is 24.2 Å². The normalized spacial score (nSPS) is 14.0. The van der Waals surface area contributed by atoms with Gasteiger partial charge in [0.1, 0.15) is 11.6 Å². The minimum absolute atomic E-state index is 0. The van der Waals surface area contributed by atoms with Crippen LogP contribution in [-0.2, 0) is 11.2 Å². The third-order valence-corrected chi connectivity index (χ3v) is 5.69. The van der Waals surface area contributed by atoms with Gasteiger partial charge in [0.05, 0.1) is 7.11 Å². The minimum Gasteiger partial charge on any atom is -0.496 e. The van der Waals surface area contributed by atoms with Crippen LogP contribution in [0.25, 0.3) is 0 Å². The smallest absolute Gasteiger partial charge is 0.129 e. The van der Waals surface area contributed by atoms with E-state index in [2.05, 4.69) is 73.5 Å². The maximum absolute atomic E-state index is 5.60. The van der Waals surface area contributed by atoms with Crippen molar-refractivity contribution in [3.05, 3.63) is 59.2 Å². The molecule has 1 aliphatic rings. The molecule has 0 unspecified atom stereocenters. The molecule has 0 radical (unpaired) electrons. The van der Waals surface area contributed by atoms with E-state index in [1.807, 2.05) is 11.8 Å². The van der Waals surface area contributed by atoms with Crippen LogP contribution in [0.2, 0.25) is 0 Å². The maximum atomic E-state index is 5.60. The topological polar surface area (TPSA) is 33.6 Å². The number of thioether (sulfide) groups is 1. The summed E-state index contributed by atoms with van der Waals surface area (Å²) in [6.07, 6.45) is 1.11. The SMILES string of the molecule is COc1ccc(C(C)(C)C)cc1CSc1ccccc1C1=NCCCN1.Cl. The number of benzene rings is 2. The van der Waals surface area contributed by atoms with Crippen LogP contribution in [-0.4, -0.2) is 26.0 Å². The maximum Gasteiger partial charge on any atom is 0.129 e. The molecule has 2 aromatic rings. The molecule has 1 N–H and O–H groups in total. The Hall–Kier alpha value is -1.65. The highest BCUT2D eigenvalue weighted by atomic mass is 35.5. The van der Waals surface area contributed by atoms with Crippen molar-refractivity contribution in [3.8, 4) is 5.75 Å². The Morgan fingerprint density at radius 2 is 1.93 bits per heavy atom. The second kappa shape index (κ2) is 9.52. The summed E-state index contributed by atoms with van der Waals surface area (Å²) in [5.74, 6) is 2.85. The third-order valence-electron chi connectivity index (χ3n) is 4.57. The molecule has 0 saturated heterocycles. The van der Waals surface area contributed by atoms with Crippen molar-refractivity contribution in [2.75, 3.05) is 20.2 Å². The van der Waals surface area contributed by atoms with Gasteiger partial charge in [-0.2, -0.15) is 0 Å². The second-order valence-corrected chi connectivity index (χ2v) is 8.59. The first-order chi connectivity index (χ1) is 12.5. The van der Waals surface area contributed by atoms with Crippen molar-refractivity contribution < 1.29 is 4.74 Å². The molecule has 0 fully saturated rings. The van der Waals surface area contributed by atoms with Crippen molar-refractivity contribution in [2.45, 2.75) is 43.3 Å². The zero-order chi connectivity index (χ0) is 18.6. The Morgan fingerprint density at radius 1 is 1.15 bits per heavy atom. The number of methoxy groups -OCH3 is 1. The average molecular weight is 405 g/mol. The van der Waals surface area contributed by atoms with Gasteiger partial charge in [-0.25, -0.2) is 0 Å². The van der Waals surface area contributed by atoms with Crippen LogP contribution in [0, 0.1) is 0 Å². The van der Waals surface area contributed by atoms with Crippen LogP contribution in [0.5, 0.6) is 5.75 Å². The van der Waals surface area contributed by atoms with E-state index in [9.17, 15) is 0 Å². The minimum atomic E-state index is 0. The molecule has 0 saturated carbocycles. The first-order valence-electron chi connectivity index (χ1n) is 9.17. The van der Waals surface area contributed by atoms with Crippen LogP contribution in [0.3, 0.4) is 0 Å². The van der Waals surface area contributed by atoms with E-state index in [4.69, 9.17) is 4.74 Å². The van der Waals surface area contributed by atoms with E-state index in [1.165, 1.54) is 21.6 Å². The third kappa shape index (κ3) is 5.43. The summed E-state index contributed by atoms with van der Waals surface area (Å²) in [4.78, 5) is 5.92. The Bertz CT molecular complexity index is 799. The van der Waals surface area contributed by atoms with Gasteiger partial charge >= 0.3 is 0 Å². The molecule has 3 rings (SSSR count). The van der Waals surface area contributed by atoms with Gasteiger partial charge < -0.3 is 10.1 Å². The molecule has 0 aromatic heterocycles. The molecule has 146 valence electrons. The molecule has 0 atom stereocenters. The summed E-state index contributed by atoms with van der Waals surface area (Å²) in [5.41, 5.74) is 3.89. The van der Waals surface area contributed by atoms with Crippen molar-refractivity contribution in [1.29, 1.82) is 0 Å². The molecule has 3 nitrogen and oxygen atoms in total. The predicted octanol–water partition coefficient (Wildman–Crippen LogP) is 5.45. The van der Waals surface area contributed by atoms with E-state index in [0.717, 1.165) is 36.8 Å². The molecular formula is C22H29ClN2OS. The molecule has 27 heavy (non-hydrogen) atoms. The van der Waals surface area contributed by atoms with Gasteiger partial charge in [0, 0.05) is 34.9 Å². The Morgan fingerprint density at radius 3 is 2.59 bits per heavy atom. The molecule has 0 bridgehead atoms. The zero-order valence-corrected chi connectivity index (χ0v) is 18.2. The van der Waals surface area contributed by atoms with Crippen LogP contribution < -0.4 is 10.1 Å². The van der Waals surface area contributed by atoms with Gasteiger partial charge in [-0.1, -0.05) is 51.1 Å². The first-order valence-corrected chi connectivity index (χ1v) is 10.2. The summed E-state index contributed by atoms with van der Waals surface area (Å²) in [7, 11) is 1.74. The van der Waals surface area contributed by atoms with Gasteiger partial charge in [-0.15, -0.1) is 24.2 Å². The Balaban J connectivity index is 0.00000261. The van der Waals surface area contributed by atoms with Gasteiger partial charge in [0.25, 0.3) is 0 Å². The fourth-order valence-corrected chi connectivity index (χ4v) is 4.05. The lowest BCUT2D eigenvalue weighted by molar-refractivity contribution is 0.410. The first kappa shape index (κ1) is 21.6. The van der Waals surface area contributed by atoms with Crippen LogP contribution in [0.4, 0.5) is 0 Å². The highest BCUT2D eigenvalue weighted by molar-refractivity contribution is 7.98.